The molecule has 156 valence electrons. The van der Waals surface area contributed by atoms with E-state index in [-0.39, 0.29) is 0 Å². The molecule has 7 heteroatoms. The summed E-state index contributed by atoms with van der Waals surface area (Å²) in [6.45, 7) is 0. The first-order chi connectivity index (χ1) is 14.5. The van der Waals surface area contributed by atoms with E-state index in [1.807, 2.05) is 48.5 Å². The summed E-state index contributed by atoms with van der Waals surface area (Å²) in [6, 6.07) is 14.8. The van der Waals surface area contributed by atoms with Gasteiger partial charge in [-0.15, -0.1) is 0 Å². The van der Waals surface area contributed by atoms with Crippen LogP contribution in [0.25, 0.3) is 9.81 Å². The van der Waals surface area contributed by atoms with E-state index in [1.165, 1.54) is 26.0 Å². The molecule has 0 spiro atoms. The minimum absolute atomic E-state index is 0.707. The molecule has 0 saturated carbocycles. The Morgan fingerprint density at radius 2 is 1.03 bits per heavy atom. The van der Waals surface area contributed by atoms with Crippen molar-refractivity contribution in [3.05, 3.63) is 71.8 Å². The summed E-state index contributed by atoms with van der Waals surface area (Å²) in [5, 5.41) is 0. The van der Waals surface area contributed by atoms with Gasteiger partial charge in [0.15, 0.2) is 0 Å². The Morgan fingerprint density at radius 3 is 1.33 bits per heavy atom. The van der Waals surface area contributed by atoms with E-state index in [4.69, 9.17) is 18.9 Å². The summed E-state index contributed by atoms with van der Waals surface area (Å²) >= 11 is 1.45. The van der Waals surface area contributed by atoms with Crippen molar-refractivity contribution < 1.29 is 28.5 Å². The van der Waals surface area contributed by atoms with Gasteiger partial charge < -0.3 is 18.9 Å². The largest absolute Gasteiger partial charge is 0.497 e. The van der Waals surface area contributed by atoms with Crippen LogP contribution < -0.4 is 9.47 Å². The monoisotopic (exact) mass is 426 g/mol. The van der Waals surface area contributed by atoms with E-state index in [2.05, 4.69) is 0 Å². The highest BCUT2D eigenvalue weighted by Gasteiger charge is 2.47. The summed E-state index contributed by atoms with van der Waals surface area (Å²) in [4.78, 5) is 27.0. The van der Waals surface area contributed by atoms with Crippen LogP contribution in [0.5, 0.6) is 11.5 Å². The van der Waals surface area contributed by atoms with Crippen LogP contribution in [-0.2, 0) is 19.1 Å². The highest BCUT2D eigenvalue weighted by Crippen LogP contribution is 2.49. The van der Waals surface area contributed by atoms with Crippen LogP contribution in [0, 0.1) is 5.41 Å². The number of hydrogen-bond acceptors (Lipinski definition) is 7. The average Bonchev–Trinajstić information content (AvgIpc) is 2.82. The van der Waals surface area contributed by atoms with Crippen LogP contribution in [-0.4, -0.2) is 40.4 Å². The maximum Gasteiger partial charge on any atom is 0.331 e. The fraction of sp³-hybridized carbons (Fsp3) is 0.217. The van der Waals surface area contributed by atoms with Crippen LogP contribution in [0.4, 0.5) is 0 Å². The molecular weight excluding hydrogens is 404 g/mol. The van der Waals surface area contributed by atoms with E-state index in [0.29, 0.717) is 11.5 Å². The van der Waals surface area contributed by atoms with Crippen molar-refractivity contribution in [2.24, 2.45) is 5.41 Å². The molecule has 1 heterocycles. The number of benzene rings is 2. The van der Waals surface area contributed by atoms with Gasteiger partial charge in [0, 0.05) is 9.81 Å². The maximum absolute atomic E-state index is 12.8. The number of methoxy groups -OCH3 is 4. The number of thioether (sulfide) groups is 1. The quantitative estimate of drug-likeness (QED) is 0.507. The van der Waals surface area contributed by atoms with Crippen molar-refractivity contribution in [2.75, 3.05) is 28.4 Å². The Hall–Kier alpha value is -3.19. The average molecular weight is 426 g/mol. The number of rotatable bonds is 6. The minimum atomic E-state index is -1.70. The molecule has 0 aromatic heterocycles. The number of ether oxygens (including phenoxy) is 4. The molecule has 0 aliphatic carbocycles. The van der Waals surface area contributed by atoms with Crippen LogP contribution >= 0.6 is 11.8 Å². The van der Waals surface area contributed by atoms with Crippen molar-refractivity contribution >= 4 is 33.5 Å². The first kappa shape index (κ1) is 21.5. The molecule has 0 saturated heterocycles. The Bertz CT molecular complexity index is 908. The Balaban J connectivity index is 2.16. The van der Waals surface area contributed by atoms with E-state index in [9.17, 15) is 9.59 Å². The van der Waals surface area contributed by atoms with Gasteiger partial charge in [-0.1, -0.05) is 36.0 Å². The van der Waals surface area contributed by atoms with Crippen molar-refractivity contribution in [3.63, 3.8) is 0 Å². The molecule has 0 bridgehead atoms. The Kier molecular flexibility index (Phi) is 6.52. The molecule has 1 aliphatic heterocycles. The first-order valence-electron chi connectivity index (χ1n) is 9.06. The van der Waals surface area contributed by atoms with E-state index >= 15 is 0 Å². The summed E-state index contributed by atoms with van der Waals surface area (Å²) in [5.41, 5.74) is -0.0339. The van der Waals surface area contributed by atoms with Crippen LogP contribution in [0.3, 0.4) is 0 Å². The lowest BCUT2D eigenvalue weighted by Crippen LogP contribution is -2.39. The SMILES string of the molecule is COC(=O)C1(C(=O)OC)C=C(c2ccc(OC)cc2)SC(c2ccc(OC)cc2)=C1. The molecule has 0 unspecified atom stereocenters. The molecule has 2 aromatic rings. The van der Waals surface area contributed by atoms with Gasteiger partial charge in [0.2, 0.25) is 5.41 Å². The van der Waals surface area contributed by atoms with E-state index in [0.717, 1.165) is 20.9 Å². The van der Waals surface area contributed by atoms with Gasteiger partial charge in [0.25, 0.3) is 0 Å². The molecule has 1 aliphatic rings. The Labute approximate surface area is 179 Å². The lowest BCUT2D eigenvalue weighted by Gasteiger charge is -2.28. The summed E-state index contributed by atoms with van der Waals surface area (Å²) < 4.78 is 20.4. The third kappa shape index (κ3) is 4.07. The predicted octanol–water partition coefficient (Wildman–Crippen LogP) is 4.17. The zero-order valence-electron chi connectivity index (χ0n) is 17.1. The first-order valence-corrected chi connectivity index (χ1v) is 9.88. The van der Waals surface area contributed by atoms with Gasteiger partial charge in [0.1, 0.15) is 11.5 Å². The summed E-state index contributed by atoms with van der Waals surface area (Å²) in [5.74, 6) is -0.0186. The number of esters is 2. The Morgan fingerprint density at radius 1 is 0.667 bits per heavy atom. The molecular formula is C23H22O6S. The highest BCUT2D eigenvalue weighted by molar-refractivity contribution is 8.16. The van der Waals surface area contributed by atoms with E-state index in [1.54, 1.807) is 26.4 Å². The van der Waals surface area contributed by atoms with Gasteiger partial charge in [-0.05, 0) is 47.5 Å². The minimum Gasteiger partial charge on any atom is -0.497 e. The van der Waals surface area contributed by atoms with Crippen LogP contribution in [0.2, 0.25) is 0 Å². The van der Waals surface area contributed by atoms with Gasteiger partial charge in [-0.2, -0.15) is 0 Å². The molecule has 2 aromatic carbocycles. The number of hydrogen-bond donors (Lipinski definition) is 0. The molecule has 3 rings (SSSR count). The van der Waals surface area contributed by atoms with Crippen molar-refractivity contribution in [1.29, 1.82) is 0 Å². The van der Waals surface area contributed by atoms with Gasteiger partial charge in [0.05, 0.1) is 28.4 Å². The maximum atomic E-state index is 12.8. The van der Waals surface area contributed by atoms with Gasteiger partial charge in [-0.3, -0.25) is 9.59 Å². The zero-order valence-corrected chi connectivity index (χ0v) is 17.9. The predicted molar refractivity (Wildman–Crippen MR) is 116 cm³/mol. The molecule has 0 fully saturated rings. The second-order valence-electron chi connectivity index (χ2n) is 6.43. The highest BCUT2D eigenvalue weighted by atomic mass is 32.2. The van der Waals surface area contributed by atoms with Crippen molar-refractivity contribution in [2.45, 2.75) is 0 Å². The van der Waals surface area contributed by atoms with Gasteiger partial charge >= 0.3 is 11.9 Å². The fourth-order valence-corrected chi connectivity index (χ4v) is 4.32. The molecule has 0 amide bonds. The van der Waals surface area contributed by atoms with Crippen molar-refractivity contribution in [3.8, 4) is 11.5 Å². The van der Waals surface area contributed by atoms with Crippen molar-refractivity contribution in [1.82, 2.24) is 0 Å². The summed E-state index contributed by atoms with van der Waals surface area (Å²) in [7, 11) is 5.68. The molecule has 0 N–H and O–H groups in total. The second-order valence-corrected chi connectivity index (χ2v) is 7.51. The molecule has 0 atom stereocenters. The lowest BCUT2D eigenvalue weighted by atomic mass is 9.85. The normalized spacial score (nSPS) is 14.8. The smallest absolute Gasteiger partial charge is 0.331 e. The third-order valence-corrected chi connectivity index (χ3v) is 5.88. The van der Waals surface area contributed by atoms with Gasteiger partial charge in [-0.25, -0.2) is 0 Å². The van der Waals surface area contributed by atoms with E-state index < -0.39 is 17.4 Å². The van der Waals surface area contributed by atoms with Crippen LogP contribution in [0.1, 0.15) is 11.1 Å². The molecule has 0 radical (unpaired) electrons. The summed E-state index contributed by atoms with van der Waals surface area (Å²) in [6.07, 6.45) is 3.17. The second kappa shape index (κ2) is 9.09. The zero-order chi connectivity index (χ0) is 21.7. The lowest BCUT2D eigenvalue weighted by molar-refractivity contribution is -0.161. The topological polar surface area (TPSA) is 71.1 Å². The third-order valence-electron chi connectivity index (χ3n) is 4.73. The molecule has 6 nitrogen and oxygen atoms in total. The standard InChI is InChI=1S/C23H22O6S/c1-26-17-9-5-15(6-10-17)19-13-23(21(24)28-3,22(25)29-4)14-20(30-19)16-7-11-18(27-2)12-8-16/h5-14H,1-4H3. The fourth-order valence-electron chi connectivity index (χ4n) is 3.08. The number of carbonyl (C=O) groups is 2. The molecule has 30 heavy (non-hydrogen) atoms. The number of carbonyl (C=O) groups excluding carboxylic acids is 2. The van der Waals surface area contributed by atoms with Crippen LogP contribution in [0.15, 0.2) is 60.7 Å².